The average Bonchev–Trinajstić information content (AvgIpc) is 2.95. The molecule has 3 rings (SSSR count). The Morgan fingerprint density at radius 1 is 1.26 bits per heavy atom. The number of benzene rings is 1. The van der Waals surface area contributed by atoms with E-state index in [0.717, 1.165) is 23.4 Å². The fraction of sp³-hybridized carbons (Fsp3) is 0.235. The van der Waals surface area contributed by atoms with E-state index < -0.39 is 0 Å². The van der Waals surface area contributed by atoms with Crippen LogP contribution in [-0.4, -0.2) is 34.2 Å². The molecule has 1 amide bonds. The van der Waals surface area contributed by atoms with Gasteiger partial charge in [-0.1, -0.05) is 12.1 Å². The molecule has 6 nitrogen and oxygen atoms in total. The van der Waals surface area contributed by atoms with Gasteiger partial charge < -0.3 is 10.1 Å². The van der Waals surface area contributed by atoms with Gasteiger partial charge in [0.1, 0.15) is 11.4 Å². The van der Waals surface area contributed by atoms with Crippen molar-refractivity contribution in [3.63, 3.8) is 0 Å². The zero-order chi connectivity index (χ0) is 16.2. The first kappa shape index (κ1) is 15.0. The number of ether oxygens (including phenoxy) is 1. The van der Waals surface area contributed by atoms with Gasteiger partial charge in [0.2, 0.25) is 0 Å². The van der Waals surface area contributed by atoms with Gasteiger partial charge in [0.15, 0.2) is 5.65 Å². The highest BCUT2D eigenvalue weighted by Crippen LogP contribution is 2.11. The summed E-state index contributed by atoms with van der Waals surface area (Å²) in [5.74, 6) is 0.667. The molecule has 3 aromatic rings. The number of aryl methyl sites for hydroxylation is 1. The van der Waals surface area contributed by atoms with E-state index in [-0.39, 0.29) is 5.91 Å². The molecule has 2 aromatic heterocycles. The maximum atomic E-state index is 12.3. The fourth-order valence-corrected chi connectivity index (χ4v) is 2.38. The molecule has 0 radical (unpaired) electrons. The van der Waals surface area contributed by atoms with Gasteiger partial charge in [-0.15, -0.1) is 0 Å². The first-order chi connectivity index (χ1) is 11.2. The van der Waals surface area contributed by atoms with Gasteiger partial charge in [0.05, 0.1) is 12.8 Å². The summed E-state index contributed by atoms with van der Waals surface area (Å²) in [5, 5.41) is 7.22. The molecule has 0 aliphatic carbocycles. The summed E-state index contributed by atoms with van der Waals surface area (Å²) < 4.78 is 6.69. The molecule has 0 spiro atoms. The molecule has 0 unspecified atom stereocenters. The Bertz CT molecular complexity index is 824. The average molecular weight is 310 g/mol. The van der Waals surface area contributed by atoms with Crippen molar-refractivity contribution in [1.29, 1.82) is 0 Å². The lowest BCUT2D eigenvalue weighted by Gasteiger charge is -2.07. The molecule has 1 N–H and O–H groups in total. The van der Waals surface area contributed by atoms with E-state index in [1.807, 2.05) is 37.3 Å². The van der Waals surface area contributed by atoms with E-state index in [4.69, 9.17) is 4.74 Å². The molecule has 23 heavy (non-hydrogen) atoms. The van der Waals surface area contributed by atoms with Crippen LogP contribution in [0.3, 0.4) is 0 Å². The van der Waals surface area contributed by atoms with Crippen LogP contribution < -0.4 is 10.1 Å². The Labute approximate surface area is 134 Å². The molecule has 0 fully saturated rings. The highest BCUT2D eigenvalue weighted by atomic mass is 16.5. The van der Waals surface area contributed by atoms with Gasteiger partial charge in [-0.3, -0.25) is 4.79 Å². The molecule has 0 saturated heterocycles. The van der Waals surface area contributed by atoms with Crippen molar-refractivity contribution in [3.05, 3.63) is 59.5 Å². The second-order valence-electron chi connectivity index (χ2n) is 5.24. The summed E-state index contributed by atoms with van der Waals surface area (Å²) >= 11 is 0. The monoisotopic (exact) mass is 310 g/mol. The molecular formula is C17H18N4O2. The van der Waals surface area contributed by atoms with Crippen LogP contribution in [-0.2, 0) is 6.42 Å². The number of hydrogen-bond donors (Lipinski definition) is 1. The highest BCUT2D eigenvalue weighted by molar-refractivity contribution is 5.92. The minimum atomic E-state index is -0.158. The van der Waals surface area contributed by atoms with E-state index in [0.29, 0.717) is 17.9 Å². The summed E-state index contributed by atoms with van der Waals surface area (Å²) in [6.45, 7) is 2.43. The number of aromatic nitrogens is 3. The van der Waals surface area contributed by atoms with Gasteiger partial charge in [0.25, 0.3) is 5.91 Å². The molecule has 118 valence electrons. The molecule has 0 aliphatic rings. The second-order valence-corrected chi connectivity index (χ2v) is 5.24. The number of methoxy groups -OCH3 is 1. The van der Waals surface area contributed by atoms with Crippen LogP contribution in [0.1, 0.15) is 21.7 Å². The van der Waals surface area contributed by atoms with Crippen LogP contribution >= 0.6 is 0 Å². The third-order valence-corrected chi connectivity index (χ3v) is 3.57. The Kier molecular flexibility index (Phi) is 4.23. The molecular weight excluding hydrogens is 292 g/mol. The highest BCUT2D eigenvalue weighted by Gasteiger charge is 2.11. The van der Waals surface area contributed by atoms with Crippen LogP contribution in [0.4, 0.5) is 0 Å². The number of amides is 1. The Morgan fingerprint density at radius 3 is 2.78 bits per heavy atom. The summed E-state index contributed by atoms with van der Waals surface area (Å²) in [5.41, 5.74) is 3.13. The first-order valence-electron chi connectivity index (χ1n) is 7.40. The molecule has 0 bridgehead atoms. The number of hydrogen-bond acceptors (Lipinski definition) is 4. The zero-order valence-corrected chi connectivity index (χ0v) is 13.1. The Hall–Kier alpha value is -2.89. The van der Waals surface area contributed by atoms with Crippen LogP contribution in [0.5, 0.6) is 5.75 Å². The number of carbonyl (C=O) groups is 1. The largest absolute Gasteiger partial charge is 0.497 e. The number of fused-ring (bicyclic) bond motifs is 1. The SMILES string of the molecule is COc1ccc(CCNC(=O)c2ccnc3cc(C)nn23)cc1. The minimum Gasteiger partial charge on any atom is -0.497 e. The maximum Gasteiger partial charge on any atom is 0.270 e. The molecule has 2 heterocycles. The van der Waals surface area contributed by atoms with Crippen LogP contribution in [0.15, 0.2) is 42.6 Å². The molecule has 0 atom stereocenters. The normalized spacial score (nSPS) is 10.7. The van der Waals surface area contributed by atoms with Crippen molar-refractivity contribution in [3.8, 4) is 5.75 Å². The van der Waals surface area contributed by atoms with Crippen LogP contribution in [0.25, 0.3) is 5.65 Å². The van der Waals surface area contributed by atoms with Gasteiger partial charge >= 0.3 is 0 Å². The van der Waals surface area contributed by atoms with Crippen molar-refractivity contribution < 1.29 is 9.53 Å². The predicted molar refractivity (Wildman–Crippen MR) is 86.8 cm³/mol. The number of carbonyl (C=O) groups excluding carboxylic acids is 1. The standard InChI is InChI=1S/C17H18N4O2/c1-12-11-16-18-10-8-15(21(16)20-12)17(22)19-9-7-13-3-5-14(23-2)6-4-13/h3-6,8,10-11H,7,9H2,1-2H3,(H,19,22). The zero-order valence-electron chi connectivity index (χ0n) is 13.1. The smallest absolute Gasteiger partial charge is 0.270 e. The number of rotatable bonds is 5. The van der Waals surface area contributed by atoms with Crippen molar-refractivity contribution in [2.45, 2.75) is 13.3 Å². The summed E-state index contributed by atoms with van der Waals surface area (Å²) in [7, 11) is 1.64. The minimum absolute atomic E-state index is 0.158. The fourth-order valence-electron chi connectivity index (χ4n) is 2.38. The first-order valence-corrected chi connectivity index (χ1v) is 7.40. The topological polar surface area (TPSA) is 68.5 Å². The van der Waals surface area contributed by atoms with Gasteiger partial charge in [-0.05, 0) is 37.1 Å². The summed E-state index contributed by atoms with van der Waals surface area (Å²) in [4.78, 5) is 16.5. The van der Waals surface area contributed by atoms with Crippen molar-refractivity contribution in [1.82, 2.24) is 19.9 Å². The van der Waals surface area contributed by atoms with E-state index in [1.54, 1.807) is 23.9 Å². The molecule has 0 saturated carbocycles. The Morgan fingerprint density at radius 2 is 2.04 bits per heavy atom. The molecule has 1 aromatic carbocycles. The van der Waals surface area contributed by atoms with Gasteiger partial charge in [-0.2, -0.15) is 5.10 Å². The van der Waals surface area contributed by atoms with Gasteiger partial charge in [-0.25, -0.2) is 9.50 Å². The summed E-state index contributed by atoms with van der Waals surface area (Å²) in [6, 6.07) is 11.3. The molecule has 0 aliphatic heterocycles. The lowest BCUT2D eigenvalue weighted by Crippen LogP contribution is -2.27. The lowest BCUT2D eigenvalue weighted by atomic mass is 10.1. The van der Waals surface area contributed by atoms with E-state index >= 15 is 0 Å². The number of nitrogens with zero attached hydrogens (tertiary/aromatic N) is 3. The predicted octanol–water partition coefficient (Wildman–Crippen LogP) is 2.02. The van der Waals surface area contributed by atoms with Crippen molar-refractivity contribution in [2.75, 3.05) is 13.7 Å². The van der Waals surface area contributed by atoms with Crippen molar-refractivity contribution >= 4 is 11.6 Å². The molecule has 6 heteroatoms. The quantitative estimate of drug-likeness (QED) is 0.783. The lowest BCUT2D eigenvalue weighted by molar-refractivity contribution is 0.0946. The summed E-state index contributed by atoms with van der Waals surface area (Å²) in [6.07, 6.45) is 2.37. The van der Waals surface area contributed by atoms with E-state index in [2.05, 4.69) is 15.4 Å². The second kappa shape index (κ2) is 6.48. The van der Waals surface area contributed by atoms with Gasteiger partial charge in [0, 0.05) is 18.8 Å². The van der Waals surface area contributed by atoms with Crippen LogP contribution in [0, 0.1) is 6.92 Å². The third-order valence-electron chi connectivity index (χ3n) is 3.57. The third kappa shape index (κ3) is 3.31. The van der Waals surface area contributed by atoms with Crippen molar-refractivity contribution in [2.24, 2.45) is 0 Å². The number of nitrogens with one attached hydrogen (secondary N) is 1. The Balaban J connectivity index is 1.64. The van der Waals surface area contributed by atoms with E-state index in [1.165, 1.54) is 0 Å². The van der Waals surface area contributed by atoms with E-state index in [9.17, 15) is 4.79 Å². The maximum absolute atomic E-state index is 12.3. The van der Waals surface area contributed by atoms with Crippen LogP contribution in [0.2, 0.25) is 0 Å².